The first-order chi connectivity index (χ1) is 22.2. The molecule has 1 aliphatic heterocycles. The van der Waals surface area contributed by atoms with E-state index >= 15 is 0 Å². The fourth-order valence-electron chi connectivity index (χ4n) is 6.45. The molecular formula is C34H48N2O9SSi. The van der Waals surface area contributed by atoms with Gasteiger partial charge in [-0.2, -0.15) is 8.42 Å². The maximum atomic E-state index is 13.6. The molecule has 2 aromatic carbocycles. The van der Waals surface area contributed by atoms with Crippen molar-refractivity contribution >= 4 is 18.4 Å². The molecule has 258 valence electrons. The van der Waals surface area contributed by atoms with Crippen LogP contribution in [0.3, 0.4) is 0 Å². The highest BCUT2D eigenvalue weighted by Gasteiger charge is 2.49. The summed E-state index contributed by atoms with van der Waals surface area (Å²) in [4.78, 5) is 26.3. The van der Waals surface area contributed by atoms with Crippen LogP contribution in [0.25, 0.3) is 0 Å². The Balaban J connectivity index is 1.64. The highest BCUT2D eigenvalue weighted by atomic mass is 32.2. The Morgan fingerprint density at radius 3 is 2.17 bits per heavy atom. The molecule has 0 amide bonds. The topological polar surface area (TPSA) is 124 Å². The number of hydrogen-bond acceptors (Lipinski definition) is 9. The van der Waals surface area contributed by atoms with E-state index < -0.39 is 48.1 Å². The van der Waals surface area contributed by atoms with Crippen LogP contribution in [0.2, 0.25) is 16.6 Å². The lowest BCUT2D eigenvalue weighted by molar-refractivity contribution is -0.245. The van der Waals surface area contributed by atoms with Crippen molar-refractivity contribution in [2.24, 2.45) is 0 Å². The Hall–Kier alpha value is -2.91. The van der Waals surface area contributed by atoms with E-state index in [4.69, 9.17) is 22.8 Å². The van der Waals surface area contributed by atoms with Crippen LogP contribution in [-0.2, 0) is 46.3 Å². The summed E-state index contributed by atoms with van der Waals surface area (Å²) in [6.45, 7) is 14.3. The number of hydrogen-bond donors (Lipinski definition) is 0. The number of rotatable bonds is 15. The smallest absolute Gasteiger partial charge is 0.335 e. The molecule has 0 N–H and O–H groups in total. The molecule has 1 aliphatic rings. The molecule has 0 saturated carbocycles. The molecule has 0 bridgehead atoms. The van der Waals surface area contributed by atoms with Gasteiger partial charge in [-0.1, -0.05) is 89.6 Å². The lowest BCUT2D eigenvalue weighted by Crippen LogP contribution is -2.58. The molecular weight excluding hydrogens is 641 g/mol. The second-order valence-corrected chi connectivity index (χ2v) is 20.2. The standard InChI is InChI=1S/C34H48N2O9SSi/c1-25(2)47(26(3)4,27(5)6)44-23-34(22-43-46(39,40)30-15-13-28(7)14-16-30)21-41-20-32(45-34)35-18-17-31(37)36(33(35)38)24-42-19-29-11-9-8-10-12-29/h8-18,25-27,32H,19-24H2,1-7H3/t32-,34-/m1/s1. The van der Waals surface area contributed by atoms with E-state index in [1.807, 2.05) is 37.3 Å². The normalized spacial score (nSPS) is 19.1. The van der Waals surface area contributed by atoms with Gasteiger partial charge in [0.25, 0.3) is 15.7 Å². The summed E-state index contributed by atoms with van der Waals surface area (Å²) in [6.07, 6.45) is 0.350. The average molecular weight is 689 g/mol. The van der Waals surface area contributed by atoms with Gasteiger partial charge in [0.05, 0.1) is 31.3 Å². The molecule has 11 nitrogen and oxygen atoms in total. The lowest BCUT2D eigenvalue weighted by Gasteiger charge is -2.47. The largest absolute Gasteiger partial charge is 0.413 e. The van der Waals surface area contributed by atoms with Crippen LogP contribution in [-0.4, -0.2) is 57.9 Å². The van der Waals surface area contributed by atoms with Crippen molar-refractivity contribution in [1.29, 1.82) is 0 Å². The fraction of sp³-hybridized carbons (Fsp3) is 0.529. The highest BCUT2D eigenvalue weighted by molar-refractivity contribution is 7.86. The maximum absolute atomic E-state index is 13.6. The second kappa shape index (κ2) is 15.5. The monoisotopic (exact) mass is 688 g/mol. The number of aromatic nitrogens is 2. The third-order valence-corrected chi connectivity index (χ3v) is 16.2. The molecule has 3 aromatic rings. The van der Waals surface area contributed by atoms with Gasteiger partial charge < -0.3 is 18.6 Å². The zero-order valence-corrected chi connectivity index (χ0v) is 30.2. The first-order valence-electron chi connectivity index (χ1n) is 16.0. The van der Waals surface area contributed by atoms with Gasteiger partial charge in [-0.3, -0.25) is 13.5 Å². The van der Waals surface area contributed by atoms with E-state index in [0.717, 1.165) is 15.7 Å². The van der Waals surface area contributed by atoms with Gasteiger partial charge in [0.15, 0.2) is 14.5 Å². The zero-order valence-electron chi connectivity index (χ0n) is 28.4. The van der Waals surface area contributed by atoms with E-state index in [-0.39, 0.29) is 54.7 Å². The van der Waals surface area contributed by atoms with Gasteiger partial charge in [-0.05, 0) is 41.2 Å². The highest BCUT2D eigenvalue weighted by Crippen LogP contribution is 2.43. The van der Waals surface area contributed by atoms with E-state index in [0.29, 0.717) is 0 Å². The van der Waals surface area contributed by atoms with Crippen LogP contribution >= 0.6 is 0 Å². The van der Waals surface area contributed by atoms with Gasteiger partial charge in [0.1, 0.15) is 18.9 Å². The Bertz CT molecular complexity index is 1670. The van der Waals surface area contributed by atoms with Crippen LogP contribution in [0, 0.1) is 6.92 Å². The minimum absolute atomic E-state index is 0.0117. The van der Waals surface area contributed by atoms with Gasteiger partial charge in [-0.15, -0.1) is 0 Å². The molecule has 1 aromatic heterocycles. The van der Waals surface area contributed by atoms with Crippen LogP contribution in [0.4, 0.5) is 0 Å². The van der Waals surface area contributed by atoms with E-state index in [2.05, 4.69) is 41.5 Å². The molecule has 0 radical (unpaired) electrons. The third-order valence-electron chi connectivity index (χ3n) is 8.83. The van der Waals surface area contributed by atoms with Crippen molar-refractivity contribution in [3.8, 4) is 0 Å². The minimum Gasteiger partial charge on any atom is -0.413 e. The van der Waals surface area contributed by atoms with Crippen molar-refractivity contribution in [3.63, 3.8) is 0 Å². The summed E-state index contributed by atoms with van der Waals surface area (Å²) < 4.78 is 59.6. The average Bonchev–Trinajstić information content (AvgIpc) is 3.02. The Morgan fingerprint density at radius 1 is 0.915 bits per heavy atom. The summed E-state index contributed by atoms with van der Waals surface area (Å²) in [5.74, 6) is 0. The number of nitrogens with zero attached hydrogens (tertiary/aromatic N) is 2. The molecule has 1 fully saturated rings. The van der Waals surface area contributed by atoms with Gasteiger partial charge >= 0.3 is 5.69 Å². The lowest BCUT2D eigenvalue weighted by atomic mass is 10.1. The number of ether oxygens (including phenoxy) is 3. The van der Waals surface area contributed by atoms with Crippen LogP contribution in [0.5, 0.6) is 0 Å². The van der Waals surface area contributed by atoms with Crippen molar-refractivity contribution in [1.82, 2.24) is 9.13 Å². The summed E-state index contributed by atoms with van der Waals surface area (Å²) in [5.41, 5.74) is -0.0105. The van der Waals surface area contributed by atoms with Crippen LogP contribution in [0.15, 0.2) is 81.3 Å². The van der Waals surface area contributed by atoms with Gasteiger partial charge in [-0.25, -0.2) is 9.36 Å². The van der Waals surface area contributed by atoms with Crippen LogP contribution in [0.1, 0.15) is 58.9 Å². The van der Waals surface area contributed by atoms with Crippen molar-refractivity contribution in [2.75, 3.05) is 26.4 Å². The predicted octanol–water partition coefficient (Wildman–Crippen LogP) is 5.37. The Kier molecular flexibility index (Phi) is 12.2. The van der Waals surface area contributed by atoms with Gasteiger partial charge in [0, 0.05) is 12.3 Å². The summed E-state index contributed by atoms with van der Waals surface area (Å²) in [5, 5.41) is 0. The summed E-state index contributed by atoms with van der Waals surface area (Å²) in [6, 6.07) is 17.1. The van der Waals surface area contributed by atoms with Crippen molar-refractivity contribution in [2.45, 2.75) is 95.2 Å². The molecule has 0 aliphatic carbocycles. The van der Waals surface area contributed by atoms with E-state index in [1.165, 1.54) is 29.0 Å². The first-order valence-corrected chi connectivity index (χ1v) is 19.5. The molecule has 2 heterocycles. The second-order valence-electron chi connectivity index (χ2n) is 13.1. The van der Waals surface area contributed by atoms with Gasteiger partial charge in [0.2, 0.25) is 0 Å². The molecule has 47 heavy (non-hydrogen) atoms. The molecule has 1 saturated heterocycles. The SMILES string of the molecule is Cc1ccc(S(=O)(=O)OC[C@@]2(CO[Si](C(C)C)(C(C)C)C(C)C)COC[C@H](n3ccc(=O)n(COCc4ccccc4)c3=O)O2)cc1. The molecule has 0 spiro atoms. The van der Waals surface area contributed by atoms with Crippen molar-refractivity contribution in [3.05, 3.63) is 98.8 Å². The third kappa shape index (κ3) is 8.58. The maximum Gasteiger partial charge on any atom is 0.335 e. The fourth-order valence-corrected chi connectivity index (χ4v) is 12.9. The quantitative estimate of drug-likeness (QED) is 0.153. The van der Waals surface area contributed by atoms with Crippen LogP contribution < -0.4 is 11.2 Å². The number of benzene rings is 2. The summed E-state index contributed by atoms with van der Waals surface area (Å²) in [7, 11) is -6.61. The van der Waals surface area contributed by atoms with Crippen molar-refractivity contribution < 1.29 is 31.2 Å². The predicted molar refractivity (Wildman–Crippen MR) is 181 cm³/mol. The first kappa shape index (κ1) is 36.9. The molecule has 2 atom stereocenters. The molecule has 13 heteroatoms. The summed E-state index contributed by atoms with van der Waals surface area (Å²) >= 11 is 0. The Labute approximate surface area is 278 Å². The number of aryl methyl sites for hydroxylation is 1. The Morgan fingerprint density at radius 2 is 1.55 bits per heavy atom. The van der Waals surface area contributed by atoms with E-state index in [1.54, 1.807) is 12.1 Å². The minimum atomic E-state index is -4.16. The molecule has 4 rings (SSSR count). The molecule has 0 unspecified atom stereocenters. The van der Waals surface area contributed by atoms with E-state index in [9.17, 15) is 18.0 Å². The zero-order chi connectivity index (χ0) is 34.4.